The Labute approximate surface area is 84.7 Å². The summed E-state index contributed by atoms with van der Waals surface area (Å²) in [7, 11) is 0. The van der Waals surface area contributed by atoms with Crippen molar-refractivity contribution in [2.75, 3.05) is 0 Å². The number of pyridine rings is 1. The van der Waals surface area contributed by atoms with Crippen LogP contribution in [-0.2, 0) is 0 Å². The second kappa shape index (κ2) is 3.96. The average molecular weight is 195 g/mol. The molecule has 14 heavy (non-hydrogen) atoms. The Morgan fingerprint density at radius 3 is 2.57 bits per heavy atom. The van der Waals surface area contributed by atoms with Gasteiger partial charge in [0.2, 0.25) is 0 Å². The molecule has 0 saturated carbocycles. The molecule has 3 nitrogen and oxygen atoms in total. The molecule has 0 saturated heterocycles. The van der Waals surface area contributed by atoms with Gasteiger partial charge in [-0.25, -0.2) is 0 Å². The van der Waals surface area contributed by atoms with E-state index in [4.69, 9.17) is 4.74 Å². The number of ether oxygens (including phenoxy) is 1. The molecule has 0 aliphatic heterocycles. The van der Waals surface area contributed by atoms with E-state index in [1.165, 1.54) is 0 Å². The van der Waals surface area contributed by atoms with Crippen molar-refractivity contribution >= 4 is 0 Å². The minimum atomic E-state index is -0.557. The molecule has 1 heterocycles. The summed E-state index contributed by atoms with van der Waals surface area (Å²) in [6.07, 6.45) is 1.09. The van der Waals surface area contributed by atoms with Gasteiger partial charge in [-0.2, -0.15) is 0 Å². The maximum atomic E-state index is 9.33. The van der Waals surface area contributed by atoms with Crippen molar-refractivity contribution in [3.8, 4) is 5.75 Å². The number of aromatic nitrogens is 1. The fourth-order valence-corrected chi connectivity index (χ4v) is 1.07. The lowest BCUT2D eigenvalue weighted by atomic mass is 10.2. The summed E-state index contributed by atoms with van der Waals surface area (Å²) in [5, 5.41) is 9.33. The molecule has 78 valence electrons. The van der Waals surface area contributed by atoms with Crippen LogP contribution >= 0.6 is 0 Å². The third kappa shape index (κ3) is 3.34. The molecule has 1 aromatic rings. The molecule has 0 aliphatic carbocycles. The smallest absolute Gasteiger partial charge is 0.123 e. The van der Waals surface area contributed by atoms with Gasteiger partial charge in [-0.3, -0.25) is 4.98 Å². The summed E-state index contributed by atoms with van der Waals surface area (Å²) in [5.74, 6) is 0.739. The molecule has 0 aliphatic rings. The number of aliphatic hydroxyl groups excluding tert-OH is 1. The average Bonchev–Trinajstić information content (AvgIpc) is 2.01. The lowest BCUT2D eigenvalue weighted by molar-refractivity contribution is 0.129. The first-order chi connectivity index (χ1) is 6.38. The first-order valence-corrected chi connectivity index (χ1v) is 4.71. The number of rotatable bonds is 2. The molecule has 1 unspecified atom stereocenters. The van der Waals surface area contributed by atoms with Crippen molar-refractivity contribution in [1.82, 2.24) is 4.98 Å². The van der Waals surface area contributed by atoms with Crippen LogP contribution < -0.4 is 4.74 Å². The van der Waals surface area contributed by atoms with Crippen LogP contribution in [0.25, 0.3) is 0 Å². The molecular formula is C11H17NO2. The number of hydrogen-bond donors (Lipinski definition) is 1. The molecule has 0 spiro atoms. The molecule has 0 bridgehead atoms. The monoisotopic (exact) mass is 195 g/mol. The molecule has 0 fully saturated rings. The predicted molar refractivity (Wildman–Crippen MR) is 55.3 cm³/mol. The van der Waals surface area contributed by atoms with Crippen LogP contribution in [0.15, 0.2) is 18.3 Å². The van der Waals surface area contributed by atoms with Crippen molar-refractivity contribution in [3.63, 3.8) is 0 Å². The molecule has 1 rings (SSSR count). The van der Waals surface area contributed by atoms with Gasteiger partial charge in [-0.05, 0) is 33.8 Å². The van der Waals surface area contributed by atoms with E-state index in [2.05, 4.69) is 4.98 Å². The Balaban J connectivity index is 2.84. The Morgan fingerprint density at radius 1 is 1.43 bits per heavy atom. The third-order valence-corrected chi connectivity index (χ3v) is 1.60. The maximum Gasteiger partial charge on any atom is 0.123 e. The minimum absolute atomic E-state index is 0.225. The van der Waals surface area contributed by atoms with Crippen LogP contribution in [0.5, 0.6) is 5.75 Å². The van der Waals surface area contributed by atoms with Crippen molar-refractivity contribution in [3.05, 3.63) is 24.0 Å². The first kappa shape index (κ1) is 11.0. The van der Waals surface area contributed by atoms with Gasteiger partial charge in [0.1, 0.15) is 11.4 Å². The van der Waals surface area contributed by atoms with E-state index in [9.17, 15) is 5.11 Å². The van der Waals surface area contributed by atoms with Crippen LogP contribution in [0.3, 0.4) is 0 Å². The SMILES string of the molecule is CC(O)c1cc(OC(C)(C)C)ccn1. The van der Waals surface area contributed by atoms with E-state index in [0.717, 1.165) is 5.75 Å². The van der Waals surface area contributed by atoms with E-state index >= 15 is 0 Å². The zero-order valence-corrected chi connectivity index (χ0v) is 9.11. The molecule has 1 aromatic heterocycles. The van der Waals surface area contributed by atoms with Crippen LogP contribution in [0, 0.1) is 0 Å². The van der Waals surface area contributed by atoms with E-state index < -0.39 is 6.10 Å². The summed E-state index contributed by atoms with van der Waals surface area (Å²) in [6, 6.07) is 3.55. The first-order valence-electron chi connectivity index (χ1n) is 4.71. The number of hydrogen-bond acceptors (Lipinski definition) is 3. The topological polar surface area (TPSA) is 42.4 Å². The van der Waals surface area contributed by atoms with E-state index in [0.29, 0.717) is 5.69 Å². The summed E-state index contributed by atoms with van der Waals surface area (Å²) in [6.45, 7) is 7.63. The van der Waals surface area contributed by atoms with Crippen LogP contribution in [0.4, 0.5) is 0 Å². The van der Waals surface area contributed by atoms with Crippen molar-refractivity contribution in [2.24, 2.45) is 0 Å². The Morgan fingerprint density at radius 2 is 2.07 bits per heavy atom. The molecule has 1 atom stereocenters. The quantitative estimate of drug-likeness (QED) is 0.787. The normalized spacial score (nSPS) is 13.8. The molecule has 1 N–H and O–H groups in total. The lowest BCUT2D eigenvalue weighted by Gasteiger charge is -2.21. The van der Waals surface area contributed by atoms with Crippen molar-refractivity contribution in [1.29, 1.82) is 0 Å². The molecule has 0 aromatic carbocycles. The molecule has 3 heteroatoms. The highest BCUT2D eigenvalue weighted by molar-refractivity contribution is 5.24. The largest absolute Gasteiger partial charge is 0.488 e. The standard InChI is InChI=1S/C11H17NO2/c1-8(13)10-7-9(5-6-12-10)14-11(2,3)4/h5-8,13H,1-4H3. The van der Waals surface area contributed by atoms with E-state index in [1.807, 2.05) is 20.8 Å². The fraction of sp³-hybridized carbons (Fsp3) is 0.545. The Bertz CT molecular complexity index is 302. The van der Waals surface area contributed by atoms with E-state index in [-0.39, 0.29) is 5.60 Å². The summed E-state index contributed by atoms with van der Waals surface area (Å²) in [4.78, 5) is 4.04. The van der Waals surface area contributed by atoms with Gasteiger partial charge in [0.05, 0.1) is 11.8 Å². The fourth-order valence-electron chi connectivity index (χ4n) is 1.07. The van der Waals surface area contributed by atoms with Crippen molar-refractivity contribution < 1.29 is 9.84 Å². The predicted octanol–water partition coefficient (Wildman–Crippen LogP) is 2.31. The molecule has 0 amide bonds. The second-order valence-corrected chi connectivity index (χ2v) is 4.31. The number of nitrogens with zero attached hydrogens (tertiary/aromatic N) is 1. The zero-order chi connectivity index (χ0) is 10.8. The van der Waals surface area contributed by atoms with Crippen LogP contribution in [0.1, 0.15) is 39.5 Å². The Kier molecular flexibility index (Phi) is 3.11. The van der Waals surface area contributed by atoms with Gasteiger partial charge in [-0.1, -0.05) is 0 Å². The van der Waals surface area contributed by atoms with E-state index in [1.54, 1.807) is 25.3 Å². The highest BCUT2D eigenvalue weighted by Crippen LogP contribution is 2.20. The summed E-state index contributed by atoms with van der Waals surface area (Å²) in [5.41, 5.74) is 0.406. The van der Waals surface area contributed by atoms with Gasteiger partial charge >= 0.3 is 0 Å². The van der Waals surface area contributed by atoms with Gasteiger partial charge in [0.15, 0.2) is 0 Å². The Hall–Kier alpha value is -1.09. The van der Waals surface area contributed by atoms with Gasteiger partial charge in [0, 0.05) is 12.3 Å². The van der Waals surface area contributed by atoms with Crippen molar-refractivity contribution in [2.45, 2.75) is 39.4 Å². The third-order valence-electron chi connectivity index (χ3n) is 1.60. The van der Waals surface area contributed by atoms with Gasteiger partial charge in [-0.15, -0.1) is 0 Å². The van der Waals surface area contributed by atoms with Crippen LogP contribution in [-0.4, -0.2) is 15.7 Å². The number of aliphatic hydroxyl groups is 1. The summed E-state index contributed by atoms with van der Waals surface area (Å²) >= 11 is 0. The second-order valence-electron chi connectivity index (χ2n) is 4.31. The highest BCUT2D eigenvalue weighted by atomic mass is 16.5. The van der Waals surface area contributed by atoms with Gasteiger partial charge in [0.25, 0.3) is 0 Å². The van der Waals surface area contributed by atoms with Crippen LogP contribution in [0.2, 0.25) is 0 Å². The highest BCUT2D eigenvalue weighted by Gasteiger charge is 2.12. The van der Waals surface area contributed by atoms with Gasteiger partial charge < -0.3 is 9.84 Å². The maximum absolute atomic E-state index is 9.33. The lowest BCUT2D eigenvalue weighted by Crippen LogP contribution is -2.23. The molecular weight excluding hydrogens is 178 g/mol. The zero-order valence-electron chi connectivity index (χ0n) is 9.11. The molecule has 0 radical (unpaired) electrons. The summed E-state index contributed by atoms with van der Waals surface area (Å²) < 4.78 is 5.64. The minimum Gasteiger partial charge on any atom is -0.488 e.